The van der Waals surface area contributed by atoms with Crippen LogP contribution in [0, 0.1) is 6.92 Å². The molecule has 1 aromatic carbocycles. The Bertz CT molecular complexity index is 960. The Hall–Kier alpha value is -1.34. The van der Waals surface area contributed by atoms with Crippen LogP contribution >= 0.6 is 23.2 Å². The molecule has 3 heterocycles. The maximum atomic E-state index is 13.6. The van der Waals surface area contributed by atoms with Crippen molar-refractivity contribution in [3.05, 3.63) is 51.8 Å². The summed E-state index contributed by atoms with van der Waals surface area (Å²) in [7, 11) is -1.86. The average molecular weight is 412 g/mol. The second-order valence-electron chi connectivity index (χ2n) is 7.00. The van der Waals surface area contributed by atoms with Crippen molar-refractivity contribution in [1.29, 1.82) is 0 Å². The van der Waals surface area contributed by atoms with Crippen LogP contribution in [-0.2, 0) is 10.0 Å². The van der Waals surface area contributed by atoms with Crippen LogP contribution in [0.2, 0.25) is 10.2 Å². The number of halogens is 2. The van der Waals surface area contributed by atoms with Gasteiger partial charge in [0.15, 0.2) is 5.15 Å². The first kappa shape index (κ1) is 18.0. The van der Waals surface area contributed by atoms with Crippen LogP contribution < -0.4 is 4.31 Å². The van der Waals surface area contributed by atoms with E-state index < -0.39 is 10.0 Å². The number of piperidine rings is 1. The van der Waals surface area contributed by atoms with Crippen LogP contribution in [0.1, 0.15) is 23.5 Å². The number of hydrogen-bond donors (Lipinski definition) is 0. The summed E-state index contributed by atoms with van der Waals surface area (Å²) in [5.41, 5.74) is 2.91. The van der Waals surface area contributed by atoms with Gasteiger partial charge < -0.3 is 4.90 Å². The minimum Gasteiger partial charge on any atom is -0.306 e. The fraction of sp³-hybridized carbons (Fsp3) is 0.389. The highest BCUT2D eigenvalue weighted by molar-refractivity contribution is 7.93. The lowest BCUT2D eigenvalue weighted by atomic mass is 9.89. The average Bonchev–Trinajstić information content (AvgIpc) is 2.88. The van der Waals surface area contributed by atoms with Gasteiger partial charge in [-0.05, 0) is 44.6 Å². The Kier molecular flexibility index (Phi) is 4.42. The minimum atomic E-state index is -3.93. The molecule has 0 bridgehead atoms. The number of hydrogen-bond acceptors (Lipinski definition) is 4. The van der Waals surface area contributed by atoms with E-state index in [9.17, 15) is 8.42 Å². The largest absolute Gasteiger partial charge is 0.306 e. The predicted molar refractivity (Wildman–Crippen MR) is 104 cm³/mol. The van der Waals surface area contributed by atoms with Gasteiger partial charge in [-0.15, -0.1) is 0 Å². The predicted octanol–water partition coefficient (Wildman–Crippen LogP) is 3.69. The SMILES string of the molecule is Cc1ccc2c(c1)[C@H]1CN(C)CC[C@@H]1N2S(=O)(=O)c1c(Cl)ccnc1Cl. The molecule has 0 spiro atoms. The number of nitrogens with zero attached hydrogens (tertiary/aromatic N) is 3. The summed E-state index contributed by atoms with van der Waals surface area (Å²) in [6.07, 6.45) is 2.16. The lowest BCUT2D eigenvalue weighted by molar-refractivity contribution is 0.237. The zero-order chi connectivity index (χ0) is 18.6. The molecule has 8 heteroatoms. The van der Waals surface area contributed by atoms with E-state index >= 15 is 0 Å². The summed E-state index contributed by atoms with van der Waals surface area (Å²) in [6.45, 7) is 3.68. The third-order valence-corrected chi connectivity index (χ3v) is 7.97. The molecule has 2 aromatic rings. The Morgan fingerprint density at radius 2 is 2.00 bits per heavy atom. The first-order valence-corrected chi connectivity index (χ1v) is 10.6. The zero-order valence-corrected chi connectivity index (χ0v) is 16.8. The highest BCUT2D eigenvalue weighted by Crippen LogP contribution is 2.48. The number of likely N-dealkylation sites (tertiary alicyclic amines) is 1. The topological polar surface area (TPSA) is 53.5 Å². The van der Waals surface area contributed by atoms with Gasteiger partial charge in [-0.25, -0.2) is 13.4 Å². The van der Waals surface area contributed by atoms with Crippen LogP contribution in [0.3, 0.4) is 0 Å². The van der Waals surface area contributed by atoms with E-state index in [1.165, 1.54) is 16.6 Å². The zero-order valence-electron chi connectivity index (χ0n) is 14.5. The lowest BCUT2D eigenvalue weighted by Gasteiger charge is -2.36. The molecule has 26 heavy (non-hydrogen) atoms. The number of pyridine rings is 1. The number of rotatable bonds is 2. The molecule has 0 aliphatic carbocycles. The highest BCUT2D eigenvalue weighted by atomic mass is 35.5. The maximum Gasteiger partial charge on any atom is 0.269 e. The van der Waals surface area contributed by atoms with E-state index in [0.717, 1.165) is 36.3 Å². The molecule has 4 rings (SSSR count). The molecule has 1 aromatic heterocycles. The van der Waals surface area contributed by atoms with Crippen LogP contribution in [0.4, 0.5) is 5.69 Å². The second-order valence-corrected chi connectivity index (χ2v) is 9.52. The van der Waals surface area contributed by atoms with Gasteiger partial charge in [0.25, 0.3) is 10.0 Å². The first-order valence-electron chi connectivity index (χ1n) is 8.44. The van der Waals surface area contributed by atoms with Crippen molar-refractivity contribution in [2.75, 3.05) is 24.4 Å². The molecule has 1 saturated heterocycles. The minimum absolute atomic E-state index is 0.0926. The fourth-order valence-corrected chi connectivity index (χ4v) is 6.82. The summed E-state index contributed by atoms with van der Waals surface area (Å²) in [6, 6.07) is 7.24. The third kappa shape index (κ3) is 2.71. The van der Waals surface area contributed by atoms with Crippen LogP contribution in [-0.4, -0.2) is 44.5 Å². The van der Waals surface area contributed by atoms with E-state index in [0.29, 0.717) is 0 Å². The quantitative estimate of drug-likeness (QED) is 0.706. The summed E-state index contributed by atoms with van der Waals surface area (Å²) in [5, 5.41) is -0.00224. The Morgan fingerprint density at radius 3 is 2.73 bits per heavy atom. The number of fused-ring (bicyclic) bond motifs is 3. The molecule has 1 fully saturated rings. The molecule has 2 aliphatic rings. The molecule has 0 saturated carbocycles. The number of aromatic nitrogens is 1. The van der Waals surface area contributed by atoms with Crippen molar-refractivity contribution in [3.63, 3.8) is 0 Å². The Labute approximate surface area is 163 Å². The molecule has 0 radical (unpaired) electrons. The van der Waals surface area contributed by atoms with Crippen molar-refractivity contribution in [2.45, 2.75) is 30.2 Å². The smallest absolute Gasteiger partial charge is 0.269 e. The van der Waals surface area contributed by atoms with Crippen LogP contribution in [0.15, 0.2) is 35.4 Å². The van der Waals surface area contributed by atoms with E-state index in [-0.39, 0.29) is 27.0 Å². The van der Waals surface area contributed by atoms with Gasteiger partial charge in [0.05, 0.1) is 16.8 Å². The molecule has 2 aliphatic heterocycles. The number of likely N-dealkylation sites (N-methyl/N-ethyl adjacent to an activating group) is 1. The number of benzene rings is 1. The fourth-order valence-electron chi connectivity index (χ4n) is 4.08. The molecule has 0 unspecified atom stereocenters. The molecule has 0 N–H and O–H groups in total. The first-order chi connectivity index (χ1) is 12.3. The third-order valence-electron chi connectivity index (χ3n) is 5.23. The van der Waals surface area contributed by atoms with Gasteiger partial charge >= 0.3 is 0 Å². The Morgan fingerprint density at radius 1 is 1.23 bits per heavy atom. The second kappa shape index (κ2) is 6.37. The molecule has 138 valence electrons. The maximum absolute atomic E-state index is 13.6. The van der Waals surface area contributed by atoms with Gasteiger partial charge in [-0.2, -0.15) is 0 Å². The number of aryl methyl sites for hydroxylation is 1. The summed E-state index contributed by atoms with van der Waals surface area (Å²) < 4.78 is 28.6. The van der Waals surface area contributed by atoms with Crippen molar-refractivity contribution in [1.82, 2.24) is 9.88 Å². The van der Waals surface area contributed by atoms with Gasteiger partial charge in [0, 0.05) is 18.7 Å². The lowest BCUT2D eigenvalue weighted by Crippen LogP contribution is -2.47. The van der Waals surface area contributed by atoms with Gasteiger partial charge in [0.2, 0.25) is 0 Å². The van der Waals surface area contributed by atoms with Crippen LogP contribution in [0.5, 0.6) is 0 Å². The summed E-state index contributed by atoms with van der Waals surface area (Å²) in [5.74, 6) is 0.132. The monoisotopic (exact) mass is 411 g/mol. The summed E-state index contributed by atoms with van der Waals surface area (Å²) in [4.78, 5) is 6.06. The van der Waals surface area contributed by atoms with Crippen molar-refractivity contribution in [2.24, 2.45) is 0 Å². The van der Waals surface area contributed by atoms with Crippen molar-refractivity contribution < 1.29 is 8.42 Å². The van der Waals surface area contributed by atoms with E-state index in [1.807, 2.05) is 19.1 Å². The van der Waals surface area contributed by atoms with Gasteiger partial charge in [0.1, 0.15) is 4.90 Å². The molecule has 5 nitrogen and oxygen atoms in total. The number of anilines is 1. The van der Waals surface area contributed by atoms with Gasteiger partial charge in [-0.1, -0.05) is 40.9 Å². The molecule has 2 atom stereocenters. The standard InChI is InChI=1S/C18H19Cl2N3O2S/c1-11-3-4-15-12(9-11)13-10-22(2)8-6-16(13)23(15)26(24,25)17-14(19)5-7-21-18(17)20/h3-5,7,9,13,16H,6,8,10H2,1-2H3/t13-,16+/m1/s1. The molecule has 0 amide bonds. The number of sulfonamides is 1. The van der Waals surface area contributed by atoms with E-state index in [1.54, 1.807) is 0 Å². The van der Waals surface area contributed by atoms with E-state index in [2.05, 4.69) is 23.0 Å². The normalized spacial score (nSPS) is 23.0. The van der Waals surface area contributed by atoms with Crippen molar-refractivity contribution >= 4 is 38.9 Å². The van der Waals surface area contributed by atoms with Crippen LogP contribution in [0.25, 0.3) is 0 Å². The van der Waals surface area contributed by atoms with Crippen molar-refractivity contribution in [3.8, 4) is 0 Å². The van der Waals surface area contributed by atoms with Gasteiger partial charge in [-0.3, -0.25) is 4.31 Å². The van der Waals surface area contributed by atoms with E-state index in [4.69, 9.17) is 23.2 Å². The summed E-state index contributed by atoms with van der Waals surface area (Å²) >= 11 is 12.3. The molecular formula is C18H19Cl2N3O2S. The molecular weight excluding hydrogens is 393 g/mol. The highest BCUT2D eigenvalue weighted by Gasteiger charge is 2.47. The Balaban J connectivity index is 1.91.